The van der Waals surface area contributed by atoms with Crippen LogP contribution in [-0.4, -0.2) is 59.3 Å². The lowest BCUT2D eigenvalue weighted by Gasteiger charge is -2.40. The van der Waals surface area contributed by atoms with Crippen LogP contribution < -0.4 is 10.2 Å². The number of aliphatic hydroxyl groups is 1. The molecule has 2 N–H and O–H groups in total. The van der Waals surface area contributed by atoms with Crippen molar-refractivity contribution < 1.29 is 14.6 Å². The first-order valence-electron chi connectivity index (χ1n) is 11.7. The van der Waals surface area contributed by atoms with E-state index in [0.29, 0.717) is 24.4 Å². The van der Waals surface area contributed by atoms with Crippen LogP contribution in [0.15, 0.2) is 24.7 Å². The fourth-order valence-corrected chi connectivity index (χ4v) is 5.51. The Kier molecular flexibility index (Phi) is 6.42. The van der Waals surface area contributed by atoms with Gasteiger partial charge in [0.15, 0.2) is 5.88 Å². The third-order valence-corrected chi connectivity index (χ3v) is 7.33. The number of pyridine rings is 1. The van der Waals surface area contributed by atoms with Crippen LogP contribution in [0.2, 0.25) is 0 Å². The fourth-order valence-electron chi connectivity index (χ4n) is 5.51. The SMILES string of the molecule is C=C(Nc1cnc(N2CCC3(CC2)CCN(C2CCC(O)CC2)C3=O)c(C)c1)OCC. The van der Waals surface area contributed by atoms with Crippen molar-refractivity contribution in [1.82, 2.24) is 9.88 Å². The number of hydrogen-bond acceptors (Lipinski definition) is 6. The largest absolute Gasteiger partial charge is 0.480 e. The quantitative estimate of drug-likeness (QED) is 0.676. The fraction of sp³-hybridized carbons (Fsp3) is 0.667. The highest BCUT2D eigenvalue weighted by molar-refractivity contribution is 5.85. The minimum absolute atomic E-state index is 0.180. The van der Waals surface area contributed by atoms with E-state index in [2.05, 4.69) is 34.7 Å². The highest BCUT2D eigenvalue weighted by atomic mass is 16.5. The first kappa shape index (κ1) is 21.9. The molecule has 1 aromatic rings. The number of nitrogens with one attached hydrogen (secondary N) is 1. The first-order chi connectivity index (χ1) is 14.9. The molecule has 1 aliphatic carbocycles. The monoisotopic (exact) mass is 428 g/mol. The van der Waals surface area contributed by atoms with Crippen molar-refractivity contribution in [2.24, 2.45) is 5.41 Å². The number of aromatic nitrogens is 1. The number of aliphatic hydroxyl groups excluding tert-OH is 1. The molecule has 1 amide bonds. The average Bonchev–Trinajstić information content (AvgIpc) is 3.06. The van der Waals surface area contributed by atoms with Gasteiger partial charge >= 0.3 is 0 Å². The molecular weight excluding hydrogens is 392 g/mol. The Hall–Kier alpha value is -2.28. The third kappa shape index (κ3) is 4.52. The maximum atomic E-state index is 13.4. The molecule has 0 aromatic carbocycles. The standard InChI is InChI=1S/C24H36N4O3/c1-4-31-18(3)26-19-15-17(2)22(25-16-19)27-12-9-24(10-13-27)11-14-28(23(24)30)20-5-7-21(29)8-6-20/h15-16,20-21,26,29H,3-14H2,1-2H3. The molecule has 2 aliphatic heterocycles. The van der Waals surface area contributed by atoms with Crippen LogP contribution in [0.1, 0.15) is 57.4 Å². The van der Waals surface area contributed by atoms with Crippen LogP contribution in [0.3, 0.4) is 0 Å². The smallest absolute Gasteiger partial charge is 0.229 e. The Labute approximate surface area is 185 Å². The van der Waals surface area contributed by atoms with Gasteiger partial charge in [-0.1, -0.05) is 0 Å². The van der Waals surface area contributed by atoms with E-state index < -0.39 is 0 Å². The number of anilines is 2. The molecule has 3 heterocycles. The van der Waals surface area contributed by atoms with Gasteiger partial charge in [0.05, 0.1) is 30.0 Å². The highest BCUT2D eigenvalue weighted by Gasteiger charge is 2.50. The minimum atomic E-state index is -0.197. The Morgan fingerprint density at radius 2 is 1.94 bits per heavy atom. The zero-order valence-electron chi connectivity index (χ0n) is 18.9. The number of nitrogens with zero attached hydrogens (tertiary/aromatic N) is 3. The van der Waals surface area contributed by atoms with Gasteiger partial charge < -0.3 is 25.0 Å². The zero-order chi connectivity index (χ0) is 22.0. The average molecular weight is 429 g/mol. The molecule has 0 atom stereocenters. The lowest BCUT2D eigenvalue weighted by Crippen LogP contribution is -2.47. The van der Waals surface area contributed by atoms with E-state index in [-0.39, 0.29) is 11.5 Å². The van der Waals surface area contributed by atoms with Crippen LogP contribution in [-0.2, 0) is 9.53 Å². The predicted octanol–water partition coefficient (Wildman–Crippen LogP) is 3.43. The molecule has 4 rings (SSSR count). The van der Waals surface area contributed by atoms with Gasteiger partial charge in [-0.3, -0.25) is 4.79 Å². The van der Waals surface area contributed by atoms with E-state index in [9.17, 15) is 9.90 Å². The number of carbonyl (C=O) groups excluding carboxylic acids is 1. The summed E-state index contributed by atoms with van der Waals surface area (Å²) < 4.78 is 5.36. The first-order valence-corrected chi connectivity index (χ1v) is 11.7. The van der Waals surface area contributed by atoms with Gasteiger partial charge in [-0.05, 0) is 77.0 Å². The summed E-state index contributed by atoms with van der Waals surface area (Å²) in [5.74, 6) is 1.87. The molecule has 170 valence electrons. The second-order valence-corrected chi connectivity index (χ2v) is 9.32. The van der Waals surface area contributed by atoms with Gasteiger partial charge in [-0.25, -0.2) is 4.98 Å². The van der Waals surface area contributed by atoms with Gasteiger partial charge in [-0.2, -0.15) is 0 Å². The molecular formula is C24H36N4O3. The summed E-state index contributed by atoms with van der Waals surface area (Å²) in [5, 5.41) is 12.9. The molecule has 7 heteroatoms. The lowest BCUT2D eigenvalue weighted by atomic mass is 9.77. The summed E-state index contributed by atoms with van der Waals surface area (Å²) in [6.45, 7) is 11.0. The highest BCUT2D eigenvalue weighted by Crippen LogP contribution is 2.44. The summed E-state index contributed by atoms with van der Waals surface area (Å²) in [4.78, 5) is 22.5. The van der Waals surface area contributed by atoms with E-state index in [1.165, 1.54) is 0 Å². The van der Waals surface area contributed by atoms with Crippen molar-refractivity contribution in [3.8, 4) is 0 Å². The molecule has 0 unspecified atom stereocenters. The second-order valence-electron chi connectivity index (χ2n) is 9.32. The Morgan fingerprint density at radius 3 is 2.58 bits per heavy atom. The van der Waals surface area contributed by atoms with Crippen LogP contribution in [0.4, 0.5) is 11.5 Å². The molecule has 1 spiro atoms. The molecule has 7 nitrogen and oxygen atoms in total. The lowest BCUT2D eigenvalue weighted by molar-refractivity contribution is -0.139. The minimum Gasteiger partial charge on any atom is -0.480 e. The number of ether oxygens (including phenoxy) is 1. The van der Waals surface area contributed by atoms with Crippen molar-refractivity contribution in [1.29, 1.82) is 0 Å². The second kappa shape index (κ2) is 9.07. The van der Waals surface area contributed by atoms with Gasteiger partial charge in [0, 0.05) is 25.7 Å². The molecule has 3 fully saturated rings. The zero-order valence-corrected chi connectivity index (χ0v) is 18.9. The molecule has 2 saturated heterocycles. The normalized spacial score (nSPS) is 25.7. The molecule has 1 aromatic heterocycles. The van der Waals surface area contributed by atoms with Gasteiger partial charge in [0.25, 0.3) is 0 Å². The summed E-state index contributed by atoms with van der Waals surface area (Å²) in [6, 6.07) is 2.39. The van der Waals surface area contributed by atoms with Crippen molar-refractivity contribution in [2.45, 2.75) is 70.9 Å². The molecule has 3 aliphatic rings. The van der Waals surface area contributed by atoms with Crippen LogP contribution in [0, 0.1) is 12.3 Å². The number of aryl methyl sites for hydroxylation is 1. The summed E-state index contributed by atoms with van der Waals surface area (Å²) in [7, 11) is 0. The van der Waals surface area contributed by atoms with Crippen molar-refractivity contribution in [2.75, 3.05) is 36.5 Å². The van der Waals surface area contributed by atoms with Crippen molar-refractivity contribution >= 4 is 17.4 Å². The Balaban J connectivity index is 1.36. The van der Waals surface area contributed by atoms with Crippen LogP contribution >= 0.6 is 0 Å². The van der Waals surface area contributed by atoms with E-state index >= 15 is 0 Å². The van der Waals surface area contributed by atoms with Crippen molar-refractivity contribution in [3.63, 3.8) is 0 Å². The molecule has 31 heavy (non-hydrogen) atoms. The van der Waals surface area contributed by atoms with E-state index in [1.54, 1.807) is 0 Å². The van der Waals surface area contributed by atoms with E-state index in [0.717, 1.165) is 81.6 Å². The maximum Gasteiger partial charge on any atom is 0.229 e. The molecule has 0 radical (unpaired) electrons. The summed E-state index contributed by atoms with van der Waals surface area (Å²) in [6.07, 6.45) is 7.90. The summed E-state index contributed by atoms with van der Waals surface area (Å²) >= 11 is 0. The maximum absolute atomic E-state index is 13.4. The number of likely N-dealkylation sites (tertiary alicyclic amines) is 1. The Morgan fingerprint density at radius 1 is 1.26 bits per heavy atom. The van der Waals surface area contributed by atoms with Crippen LogP contribution in [0.25, 0.3) is 0 Å². The van der Waals surface area contributed by atoms with E-state index in [4.69, 9.17) is 9.72 Å². The third-order valence-electron chi connectivity index (χ3n) is 7.33. The Bertz CT molecular complexity index is 811. The topological polar surface area (TPSA) is 77.9 Å². The number of amides is 1. The number of rotatable bonds is 6. The van der Waals surface area contributed by atoms with Crippen LogP contribution in [0.5, 0.6) is 0 Å². The number of carbonyl (C=O) groups is 1. The number of piperidine rings is 1. The van der Waals surface area contributed by atoms with Gasteiger partial charge in [-0.15, -0.1) is 0 Å². The molecule has 1 saturated carbocycles. The number of hydrogen-bond donors (Lipinski definition) is 2. The molecule has 0 bridgehead atoms. The summed E-state index contributed by atoms with van der Waals surface area (Å²) in [5.41, 5.74) is 1.77. The van der Waals surface area contributed by atoms with Gasteiger partial charge in [0.1, 0.15) is 5.82 Å². The predicted molar refractivity (Wildman–Crippen MR) is 122 cm³/mol. The van der Waals surface area contributed by atoms with Gasteiger partial charge in [0.2, 0.25) is 5.91 Å². The van der Waals surface area contributed by atoms with Crippen molar-refractivity contribution in [3.05, 3.63) is 30.3 Å². The van der Waals surface area contributed by atoms with E-state index in [1.807, 2.05) is 13.1 Å².